The monoisotopic (exact) mass is 428 g/mol. The van der Waals surface area contributed by atoms with E-state index >= 15 is 0 Å². The van der Waals surface area contributed by atoms with E-state index in [9.17, 15) is 8.42 Å². The minimum Gasteiger partial charge on any atom is -0.497 e. The Morgan fingerprint density at radius 1 is 1.03 bits per heavy atom. The molecule has 5 nitrogen and oxygen atoms in total. The number of nitrogens with zero attached hydrogens (tertiary/aromatic N) is 1. The standard InChI is InChI=1S/C22H21ClN2O3S/c1-28-19-6-4-5-17(15-19)22-24-20-7-2-3-8-21(20)29(26,27)25(22)14-13-16-9-11-18(23)12-10-16/h2-12,15,22,24H,13-14H2,1H3/t22-/m0/s1. The largest absolute Gasteiger partial charge is 0.497 e. The van der Waals surface area contributed by atoms with Crippen LogP contribution in [0.2, 0.25) is 5.02 Å². The van der Waals surface area contributed by atoms with Gasteiger partial charge in [0.05, 0.1) is 12.8 Å². The summed E-state index contributed by atoms with van der Waals surface area (Å²) in [7, 11) is -2.08. The third kappa shape index (κ3) is 3.96. The number of hydrogen-bond donors (Lipinski definition) is 1. The number of methoxy groups -OCH3 is 1. The molecule has 0 radical (unpaired) electrons. The SMILES string of the molecule is COc1cccc([C@H]2Nc3ccccc3S(=O)(=O)N2CCc2ccc(Cl)cc2)c1. The molecule has 1 atom stereocenters. The summed E-state index contributed by atoms with van der Waals surface area (Å²) in [4.78, 5) is 0.287. The first kappa shape index (κ1) is 19.8. The summed E-state index contributed by atoms with van der Waals surface area (Å²) < 4.78 is 33.7. The van der Waals surface area contributed by atoms with Gasteiger partial charge in [0.2, 0.25) is 10.0 Å². The molecule has 0 spiro atoms. The van der Waals surface area contributed by atoms with E-state index in [0.717, 1.165) is 11.1 Å². The normalized spacial score (nSPS) is 17.9. The molecule has 0 bridgehead atoms. The second-order valence-electron chi connectivity index (χ2n) is 6.81. The Morgan fingerprint density at radius 2 is 1.79 bits per heavy atom. The van der Waals surface area contributed by atoms with Crippen molar-refractivity contribution < 1.29 is 13.2 Å². The van der Waals surface area contributed by atoms with Crippen molar-refractivity contribution in [3.05, 3.63) is 88.9 Å². The predicted molar refractivity (Wildman–Crippen MR) is 115 cm³/mol. The molecule has 1 aliphatic rings. The molecule has 1 aliphatic heterocycles. The highest BCUT2D eigenvalue weighted by atomic mass is 35.5. The Hall–Kier alpha value is -2.54. The van der Waals surface area contributed by atoms with Crippen LogP contribution in [0.1, 0.15) is 17.3 Å². The molecule has 3 aromatic rings. The van der Waals surface area contributed by atoms with E-state index in [1.807, 2.05) is 54.6 Å². The van der Waals surface area contributed by atoms with E-state index < -0.39 is 16.2 Å². The summed E-state index contributed by atoms with van der Waals surface area (Å²) in [6, 6.07) is 21.9. The Bertz CT molecular complexity index is 1120. The quantitative estimate of drug-likeness (QED) is 0.639. The van der Waals surface area contributed by atoms with Crippen molar-refractivity contribution in [1.29, 1.82) is 0 Å². The minimum atomic E-state index is -3.67. The molecule has 7 heteroatoms. The van der Waals surface area contributed by atoms with E-state index in [2.05, 4.69) is 5.32 Å². The lowest BCUT2D eigenvalue weighted by Crippen LogP contribution is -2.43. The number of para-hydroxylation sites is 1. The molecule has 3 aromatic carbocycles. The fourth-order valence-corrected chi connectivity index (χ4v) is 5.31. The van der Waals surface area contributed by atoms with Crippen LogP contribution in [-0.2, 0) is 16.4 Å². The van der Waals surface area contributed by atoms with Gasteiger partial charge in [0.1, 0.15) is 16.8 Å². The lowest BCUT2D eigenvalue weighted by molar-refractivity contribution is 0.343. The topological polar surface area (TPSA) is 58.6 Å². The first-order valence-electron chi connectivity index (χ1n) is 9.25. The second-order valence-corrected chi connectivity index (χ2v) is 9.11. The summed E-state index contributed by atoms with van der Waals surface area (Å²) in [5.41, 5.74) is 2.44. The van der Waals surface area contributed by atoms with Crippen molar-refractivity contribution in [2.24, 2.45) is 0 Å². The van der Waals surface area contributed by atoms with Gasteiger partial charge >= 0.3 is 0 Å². The first-order chi connectivity index (χ1) is 14.0. The lowest BCUT2D eigenvalue weighted by atomic mass is 10.1. The van der Waals surface area contributed by atoms with Crippen LogP contribution >= 0.6 is 11.6 Å². The van der Waals surface area contributed by atoms with Crippen LogP contribution in [0.5, 0.6) is 5.75 Å². The zero-order valence-electron chi connectivity index (χ0n) is 15.9. The molecule has 0 aromatic heterocycles. The van der Waals surface area contributed by atoms with Crippen LogP contribution in [0.3, 0.4) is 0 Å². The van der Waals surface area contributed by atoms with Crippen molar-refractivity contribution in [2.75, 3.05) is 19.0 Å². The van der Waals surface area contributed by atoms with Gasteiger partial charge in [0, 0.05) is 11.6 Å². The molecule has 0 saturated carbocycles. The summed E-state index contributed by atoms with van der Waals surface area (Å²) in [5.74, 6) is 0.679. The van der Waals surface area contributed by atoms with Crippen LogP contribution in [-0.4, -0.2) is 26.4 Å². The molecule has 0 amide bonds. The number of sulfonamides is 1. The highest BCUT2D eigenvalue weighted by molar-refractivity contribution is 7.89. The van der Waals surface area contributed by atoms with Gasteiger partial charge in [-0.3, -0.25) is 0 Å². The maximum atomic E-state index is 13.5. The van der Waals surface area contributed by atoms with Gasteiger partial charge in [-0.1, -0.05) is 48.0 Å². The second kappa shape index (κ2) is 8.06. The van der Waals surface area contributed by atoms with Crippen molar-refractivity contribution in [2.45, 2.75) is 17.5 Å². The van der Waals surface area contributed by atoms with Crippen molar-refractivity contribution in [1.82, 2.24) is 4.31 Å². The molecule has 0 unspecified atom stereocenters. The van der Waals surface area contributed by atoms with Gasteiger partial charge in [-0.05, 0) is 53.9 Å². The van der Waals surface area contributed by atoms with Gasteiger partial charge in [0.15, 0.2) is 0 Å². The number of ether oxygens (including phenoxy) is 1. The Morgan fingerprint density at radius 3 is 2.55 bits per heavy atom. The zero-order valence-corrected chi connectivity index (χ0v) is 17.5. The number of anilines is 1. The van der Waals surface area contributed by atoms with Gasteiger partial charge < -0.3 is 10.1 Å². The average Bonchev–Trinajstić information content (AvgIpc) is 2.74. The Labute approximate surface area is 175 Å². The average molecular weight is 429 g/mol. The van der Waals surface area contributed by atoms with Gasteiger partial charge in [-0.25, -0.2) is 8.42 Å². The molecule has 0 saturated heterocycles. The molecule has 150 valence electrons. The minimum absolute atomic E-state index is 0.287. The summed E-state index contributed by atoms with van der Waals surface area (Å²) in [6.07, 6.45) is 0.0399. The molecular weight excluding hydrogens is 408 g/mol. The first-order valence-corrected chi connectivity index (χ1v) is 11.1. The van der Waals surface area contributed by atoms with E-state index in [-0.39, 0.29) is 4.90 Å². The van der Waals surface area contributed by atoms with E-state index in [0.29, 0.717) is 29.4 Å². The molecule has 1 N–H and O–H groups in total. The smallest absolute Gasteiger partial charge is 0.247 e. The number of rotatable bonds is 5. The highest BCUT2D eigenvalue weighted by Crippen LogP contribution is 2.38. The summed E-state index contributed by atoms with van der Waals surface area (Å²) in [6.45, 7) is 0.327. The van der Waals surface area contributed by atoms with E-state index in [1.165, 1.54) is 4.31 Å². The molecule has 29 heavy (non-hydrogen) atoms. The number of benzene rings is 3. The van der Waals surface area contributed by atoms with Crippen LogP contribution < -0.4 is 10.1 Å². The van der Waals surface area contributed by atoms with Crippen LogP contribution in [0.4, 0.5) is 5.69 Å². The van der Waals surface area contributed by atoms with Crippen LogP contribution in [0.25, 0.3) is 0 Å². The van der Waals surface area contributed by atoms with Crippen molar-refractivity contribution in [3.8, 4) is 5.75 Å². The molecule has 1 heterocycles. The summed E-state index contributed by atoms with van der Waals surface area (Å²) in [5, 5.41) is 4.04. The number of nitrogens with one attached hydrogen (secondary N) is 1. The third-order valence-electron chi connectivity index (χ3n) is 5.00. The fraction of sp³-hybridized carbons (Fsp3) is 0.182. The number of halogens is 1. The van der Waals surface area contributed by atoms with E-state index in [4.69, 9.17) is 16.3 Å². The maximum absolute atomic E-state index is 13.5. The molecule has 0 fully saturated rings. The lowest BCUT2D eigenvalue weighted by Gasteiger charge is -2.37. The third-order valence-corrected chi connectivity index (χ3v) is 7.17. The Kier molecular flexibility index (Phi) is 5.50. The maximum Gasteiger partial charge on any atom is 0.247 e. The van der Waals surface area contributed by atoms with Gasteiger partial charge in [0.25, 0.3) is 0 Å². The number of fused-ring (bicyclic) bond motifs is 1. The van der Waals surface area contributed by atoms with Gasteiger partial charge in [-0.2, -0.15) is 4.31 Å². The van der Waals surface area contributed by atoms with Crippen LogP contribution in [0.15, 0.2) is 77.7 Å². The van der Waals surface area contributed by atoms with Crippen molar-refractivity contribution in [3.63, 3.8) is 0 Å². The van der Waals surface area contributed by atoms with Crippen molar-refractivity contribution >= 4 is 27.3 Å². The van der Waals surface area contributed by atoms with Gasteiger partial charge in [-0.15, -0.1) is 0 Å². The predicted octanol–water partition coefficient (Wildman–Crippen LogP) is 4.71. The molecule has 0 aliphatic carbocycles. The summed E-state index contributed by atoms with van der Waals surface area (Å²) >= 11 is 5.97. The molecule has 4 rings (SSSR count). The molecular formula is C22H21ClN2O3S. The fourth-order valence-electron chi connectivity index (χ4n) is 3.50. The Balaban J connectivity index is 1.73. The zero-order chi connectivity index (χ0) is 20.4. The number of hydrogen-bond acceptors (Lipinski definition) is 4. The van der Waals surface area contributed by atoms with E-state index in [1.54, 1.807) is 25.3 Å². The van der Waals surface area contributed by atoms with Crippen LogP contribution in [0, 0.1) is 0 Å². The highest BCUT2D eigenvalue weighted by Gasteiger charge is 2.38.